The van der Waals surface area contributed by atoms with Crippen molar-refractivity contribution in [1.29, 1.82) is 0 Å². The molecule has 14 heterocycles. The maximum atomic E-state index is 13.9. The molecule has 0 fully saturated rings. The van der Waals surface area contributed by atoms with Crippen molar-refractivity contribution in [1.82, 2.24) is 68.0 Å². The first kappa shape index (κ1) is 94.5. The van der Waals surface area contributed by atoms with E-state index in [0.717, 1.165) is 99.2 Å². The smallest absolute Gasteiger partial charge is 0.419 e. The molecule has 0 spiro atoms. The number of unbranched alkanes of at least 4 members (excludes halogenated alkanes) is 2. The molecule has 49 heteroatoms. The largest absolute Gasteiger partial charge is 0.494 e. The summed E-state index contributed by atoms with van der Waals surface area (Å²) in [6.07, 6.45) is -1.47. The monoisotopic (exact) mass is 2040 g/mol. The molecule has 10 aromatic heterocycles. The van der Waals surface area contributed by atoms with E-state index in [0.29, 0.717) is 98.6 Å². The van der Waals surface area contributed by atoms with E-state index in [9.17, 15) is 34.4 Å². The van der Waals surface area contributed by atoms with Gasteiger partial charge in [0, 0.05) is 50.4 Å². The molecule has 0 saturated carbocycles. The van der Waals surface area contributed by atoms with Crippen LogP contribution in [0.15, 0.2) is 146 Å². The van der Waals surface area contributed by atoms with Crippen LogP contribution in [0.25, 0.3) is 109 Å². The number of hydrogen-bond acceptors (Lipinski definition) is 33. The lowest BCUT2D eigenvalue weighted by Crippen LogP contribution is -2.50. The van der Waals surface area contributed by atoms with E-state index >= 15 is 0 Å². The molecule has 0 saturated heterocycles. The van der Waals surface area contributed by atoms with Crippen LogP contribution in [-0.4, -0.2) is 190 Å². The third kappa shape index (κ3) is 19.3. The third-order valence-electron chi connectivity index (χ3n) is 21.0. The highest BCUT2D eigenvalue weighted by Gasteiger charge is 2.45. The van der Waals surface area contributed by atoms with Crippen LogP contribution < -0.4 is 27.7 Å². The number of thiophene rings is 4. The molecule has 31 nitrogen and oxygen atoms in total. The minimum absolute atomic E-state index is 0.0152. The maximum absolute atomic E-state index is 13.9. The molecule has 14 aromatic rings. The van der Waals surface area contributed by atoms with Crippen LogP contribution in [0.4, 0.5) is 17.6 Å². The Bertz CT molecular complexity index is 7370. The molecule has 18 rings (SSSR count). The number of nitrogens with two attached hydrogens (primary N) is 4. The summed E-state index contributed by atoms with van der Waals surface area (Å²) in [6, 6.07) is 28.4. The molecule has 0 amide bonds. The Kier molecular flexibility index (Phi) is 26.0. The second-order valence-corrected chi connectivity index (χ2v) is 48.6. The summed E-state index contributed by atoms with van der Waals surface area (Å²) in [4.78, 5) is 32.2. The number of thiazole rings is 2. The molecule has 8 N–H and O–H groups in total. The molecule has 4 unspecified atom stereocenters. The number of hydrogen-bond donors (Lipinski definition) is 4. The zero-order valence-corrected chi connectivity index (χ0v) is 81.7. The fourth-order valence-electron chi connectivity index (χ4n) is 14.1. The molecular formula is C81H80Cl4F4N22O9S10. The van der Waals surface area contributed by atoms with Crippen molar-refractivity contribution in [2.45, 2.75) is 89.1 Å². The van der Waals surface area contributed by atoms with E-state index in [1.165, 1.54) is 51.2 Å². The number of nitrogens with zero attached hydrogens (tertiary/aromatic N) is 18. The van der Waals surface area contributed by atoms with Gasteiger partial charge in [-0.2, -0.15) is 13.2 Å². The van der Waals surface area contributed by atoms with Crippen LogP contribution in [-0.2, 0) is 67.2 Å². The summed E-state index contributed by atoms with van der Waals surface area (Å²) in [5.74, 6) is 17.9. The molecule has 0 radical (unpaired) electrons. The van der Waals surface area contributed by atoms with Crippen LogP contribution in [0.1, 0.15) is 84.0 Å². The quantitative estimate of drug-likeness (QED) is 0.0374. The van der Waals surface area contributed by atoms with E-state index in [1.807, 2.05) is 88.4 Å². The fourth-order valence-corrected chi connectivity index (χ4v) is 28.8. The van der Waals surface area contributed by atoms with Crippen molar-refractivity contribution >= 4 is 221 Å². The molecule has 684 valence electrons. The van der Waals surface area contributed by atoms with Gasteiger partial charge in [0.15, 0.2) is 0 Å². The number of alkyl halides is 3. The number of aliphatic imine (C=N–C) groups is 4. The van der Waals surface area contributed by atoms with Gasteiger partial charge < -0.3 is 45.3 Å². The van der Waals surface area contributed by atoms with Gasteiger partial charge in [-0.05, 0) is 168 Å². The maximum Gasteiger partial charge on any atom is 0.419 e. The molecule has 0 bridgehead atoms. The number of halogens is 8. The van der Waals surface area contributed by atoms with Gasteiger partial charge in [0.2, 0.25) is 47.4 Å². The number of benzene rings is 4. The van der Waals surface area contributed by atoms with Gasteiger partial charge >= 0.3 is 6.18 Å². The second kappa shape index (κ2) is 35.8. The van der Waals surface area contributed by atoms with Crippen molar-refractivity contribution in [3.05, 3.63) is 165 Å². The third-order valence-corrected chi connectivity index (χ3v) is 38.7. The zero-order valence-electron chi connectivity index (χ0n) is 70.5. The summed E-state index contributed by atoms with van der Waals surface area (Å²) in [7, 11) is -4.17. The van der Waals surface area contributed by atoms with Gasteiger partial charge in [-0.1, -0.05) is 66.2 Å². The lowest BCUT2D eigenvalue weighted by atomic mass is 10.0. The number of ether oxygens (including phenoxy) is 1. The average Bonchev–Trinajstić information content (AvgIpc) is 1.52. The van der Waals surface area contributed by atoms with Crippen molar-refractivity contribution in [3.63, 3.8) is 0 Å². The van der Waals surface area contributed by atoms with Gasteiger partial charge in [-0.25, -0.2) is 51.2 Å². The summed E-state index contributed by atoms with van der Waals surface area (Å²) >= 11 is 34.6. The Balaban J connectivity index is 0.000000133. The van der Waals surface area contributed by atoms with E-state index in [1.54, 1.807) is 87.6 Å². The molecule has 4 aliphatic rings. The molecule has 0 aliphatic carbocycles. The lowest BCUT2D eigenvalue weighted by Gasteiger charge is -2.36. The second-order valence-electron chi connectivity index (χ2n) is 31.2. The Morgan fingerprint density at radius 1 is 0.454 bits per heavy atom. The molecule has 130 heavy (non-hydrogen) atoms. The zero-order chi connectivity index (χ0) is 93.7. The normalized spacial score (nSPS) is 23.4. The number of fused-ring (bicyclic) bond motifs is 2. The number of aryl methyl sites for hydroxylation is 1. The molecule has 8 atom stereocenters. The van der Waals surface area contributed by atoms with Crippen LogP contribution in [0, 0.1) is 12.7 Å². The van der Waals surface area contributed by atoms with E-state index in [-0.39, 0.29) is 64.2 Å². The predicted octanol–water partition coefficient (Wildman–Crippen LogP) is 17.2. The molecule has 4 aliphatic heterocycles. The van der Waals surface area contributed by atoms with E-state index in [4.69, 9.17) is 91.7 Å². The number of aromatic nitrogens is 10. The highest BCUT2D eigenvalue weighted by molar-refractivity contribution is 7.99. The van der Waals surface area contributed by atoms with Crippen molar-refractivity contribution in [3.8, 4) is 94.6 Å². The Labute approximate surface area is 788 Å². The SMILES string of the molecule is C=S1(=O)C[C@@](C)(c2sc(-c3nnc(-c4ccc(C(F)(F)F)c(F)c4)o3)cc2Cl)N=C(N)N1C.C=S1(=O)C[C@@](C)(c2sc(-c3nnc(-c4ccc(OCCCCC)cc4)o3)cc2Cl)N=C(N)N1C.C=S1(=O)C[C@@](C)(c2sc(-c3nnc(-c4ccc5sc(C)nc5c4)o3)cc2Cl)N=C(N)N1C.C=S1(=O)C[C@@](C)(c2sc(-c3nnc(-c4ccc5scnc5c4)o3)cc2Cl)N=C(N)N1C. The van der Waals surface area contributed by atoms with Crippen LogP contribution in [0.3, 0.4) is 0 Å². The lowest BCUT2D eigenvalue weighted by molar-refractivity contribution is -0.140. The summed E-state index contributed by atoms with van der Waals surface area (Å²) in [5.41, 5.74) is 24.9. The first-order valence-electron chi connectivity index (χ1n) is 38.7. The van der Waals surface area contributed by atoms with Crippen LogP contribution in [0.5, 0.6) is 5.75 Å². The summed E-state index contributed by atoms with van der Waals surface area (Å²) in [5, 5.41) is 35.6. The van der Waals surface area contributed by atoms with Gasteiger partial charge in [-0.15, -0.1) is 109 Å². The minimum atomic E-state index is -4.82. The van der Waals surface area contributed by atoms with Crippen LogP contribution >= 0.6 is 114 Å². The first-order chi connectivity index (χ1) is 61.1. The highest BCUT2D eigenvalue weighted by atomic mass is 35.5. The predicted molar refractivity (Wildman–Crippen MR) is 521 cm³/mol. The average molecular weight is 2040 g/mol. The topological polar surface area (TPSA) is 425 Å². The van der Waals surface area contributed by atoms with Gasteiger partial charge in [0.05, 0.1) is 164 Å². The summed E-state index contributed by atoms with van der Waals surface area (Å²) < 4.78 is 141. The Morgan fingerprint density at radius 3 is 1.12 bits per heavy atom. The van der Waals surface area contributed by atoms with Crippen molar-refractivity contribution in [2.75, 3.05) is 57.8 Å². The van der Waals surface area contributed by atoms with Crippen molar-refractivity contribution in [2.24, 2.45) is 42.9 Å². The van der Waals surface area contributed by atoms with E-state index in [2.05, 4.69) is 101 Å². The molecular weight excluding hydrogens is 1960 g/mol. The first-order valence-corrected chi connectivity index (χ1v) is 52.6. The van der Waals surface area contributed by atoms with Gasteiger partial charge in [0.1, 0.15) is 33.7 Å². The van der Waals surface area contributed by atoms with Crippen LogP contribution in [0.2, 0.25) is 20.1 Å². The summed E-state index contributed by atoms with van der Waals surface area (Å²) in [6.45, 7) is 12.1. The van der Waals surface area contributed by atoms with Gasteiger partial charge in [-0.3, -0.25) is 17.2 Å². The number of rotatable bonds is 17. The number of guanidine groups is 4. The minimum Gasteiger partial charge on any atom is -0.494 e. The molecule has 4 aromatic carbocycles. The Morgan fingerprint density at radius 2 is 0.777 bits per heavy atom. The van der Waals surface area contributed by atoms with Gasteiger partial charge in [0.25, 0.3) is 23.6 Å². The fraction of sp³-hybridized carbons (Fsp3) is 0.284. The van der Waals surface area contributed by atoms with E-state index < -0.39 is 78.5 Å². The highest BCUT2D eigenvalue weighted by Crippen LogP contribution is 2.50. The standard InChI is InChI=1S/C23H28ClN5O3S2.C20H19ClN6O2S3.C19H16ClF4N5O2S2.C19H17ClN6O2S3/c1-5-6-7-12-31-16-10-8-15(9-11-16)20-27-28-21(32-20)18-13-17(24)19(33-18)23(2)14-34(4,30)29(3)22(25)26-23;1-10-23-13-7-11(5-6-14(13)30-10)17-25-26-18(29-17)15-8-12(21)16(31-15)20(2)9-32(4,28)27(3)19(22)24-20;1-18(8-33(3,30)29(2)17(25)26-18)14-11(20)7-13(32-14)16-28-27-15(31-16)9-4-5-10(12(21)6-9)19(22,23)24;1-19(8-31(3,27)26(2)18(21)23-19)15-11(20)7-14(30-15)17-25-24-16(28-17)10-4-5-13-12(6-10)22-9-29-13/h8-11,13H,4-7,12,14H2,1-3H3,(H2,25,26);5-8H,4,9H2,1-3H3,(H2,22,24);4-7H,3,8H2,1-2H3,(H2,25,26);4-7,9H,3,8H2,1-2H3,(H2,21,23)/t23-,34?;20-,32?;18-,33?;19-,31?/m0000/s1. The Hall–Kier alpha value is -10.1. The van der Waals surface area contributed by atoms with Crippen molar-refractivity contribution < 1.29 is 56.8 Å².